The van der Waals surface area contributed by atoms with E-state index in [1.54, 1.807) is 36.4 Å². The Morgan fingerprint density at radius 3 is 2.68 bits per heavy atom. The molecular formula is C17H14O5. The first-order chi connectivity index (χ1) is 10.6. The highest BCUT2D eigenvalue weighted by atomic mass is 16.5. The SMILES string of the molecule is O=C(CCC1C(=O)Oc2ccccc2C1=O)Cc1ccco1. The average molecular weight is 298 g/mol. The Morgan fingerprint density at radius 1 is 1.09 bits per heavy atom. The number of hydrogen-bond acceptors (Lipinski definition) is 5. The molecule has 22 heavy (non-hydrogen) atoms. The lowest BCUT2D eigenvalue weighted by Crippen LogP contribution is -2.33. The van der Waals surface area contributed by atoms with Crippen molar-refractivity contribution in [2.24, 2.45) is 5.92 Å². The number of carbonyl (C=O) groups is 3. The number of ketones is 2. The highest BCUT2D eigenvalue weighted by Crippen LogP contribution is 2.29. The molecule has 1 aromatic carbocycles. The molecule has 0 spiro atoms. The van der Waals surface area contributed by atoms with Crippen molar-refractivity contribution >= 4 is 17.5 Å². The monoisotopic (exact) mass is 298 g/mol. The fourth-order valence-corrected chi connectivity index (χ4v) is 2.48. The van der Waals surface area contributed by atoms with Crippen molar-refractivity contribution in [3.05, 3.63) is 54.0 Å². The minimum absolute atomic E-state index is 0.0746. The van der Waals surface area contributed by atoms with Crippen LogP contribution in [0.2, 0.25) is 0 Å². The lowest BCUT2D eigenvalue weighted by atomic mass is 9.89. The first kappa shape index (κ1) is 14.3. The zero-order valence-electron chi connectivity index (χ0n) is 11.8. The Kier molecular flexibility index (Phi) is 3.87. The quantitative estimate of drug-likeness (QED) is 0.482. The maximum Gasteiger partial charge on any atom is 0.322 e. The van der Waals surface area contributed by atoms with Crippen LogP contribution in [0, 0.1) is 5.92 Å². The van der Waals surface area contributed by atoms with Gasteiger partial charge in [0.15, 0.2) is 5.78 Å². The van der Waals surface area contributed by atoms with Gasteiger partial charge in [0, 0.05) is 6.42 Å². The molecule has 3 rings (SSSR count). The van der Waals surface area contributed by atoms with Gasteiger partial charge in [-0.1, -0.05) is 12.1 Å². The van der Waals surface area contributed by atoms with Crippen LogP contribution in [0.3, 0.4) is 0 Å². The van der Waals surface area contributed by atoms with Gasteiger partial charge in [0.05, 0.1) is 18.2 Å². The predicted octanol–water partition coefficient (Wildman–Crippen LogP) is 2.59. The van der Waals surface area contributed by atoms with Gasteiger partial charge in [-0.05, 0) is 30.7 Å². The van der Waals surface area contributed by atoms with E-state index in [0.717, 1.165) is 0 Å². The van der Waals surface area contributed by atoms with Crippen LogP contribution in [0.15, 0.2) is 47.1 Å². The largest absolute Gasteiger partial charge is 0.469 e. The summed E-state index contributed by atoms with van der Waals surface area (Å²) in [5, 5.41) is 0. The molecule has 0 aliphatic carbocycles. The Labute approximate surface area is 126 Å². The van der Waals surface area contributed by atoms with E-state index in [-0.39, 0.29) is 36.6 Å². The van der Waals surface area contributed by atoms with Gasteiger partial charge in [-0.15, -0.1) is 0 Å². The summed E-state index contributed by atoms with van der Waals surface area (Å²) in [6, 6.07) is 10.1. The van der Waals surface area contributed by atoms with Crippen LogP contribution in [0.25, 0.3) is 0 Å². The van der Waals surface area contributed by atoms with Crippen molar-refractivity contribution in [3.8, 4) is 5.75 Å². The number of rotatable bonds is 5. The molecule has 0 saturated carbocycles. The Hall–Kier alpha value is -2.69. The molecule has 0 N–H and O–H groups in total. The van der Waals surface area contributed by atoms with Crippen molar-refractivity contribution in [1.82, 2.24) is 0 Å². The third-order valence-corrected chi connectivity index (χ3v) is 3.63. The van der Waals surface area contributed by atoms with E-state index in [1.807, 2.05) is 0 Å². The van der Waals surface area contributed by atoms with Crippen molar-refractivity contribution in [2.75, 3.05) is 0 Å². The van der Waals surface area contributed by atoms with Crippen molar-refractivity contribution in [2.45, 2.75) is 19.3 Å². The van der Waals surface area contributed by atoms with E-state index in [2.05, 4.69) is 0 Å². The maximum atomic E-state index is 12.3. The van der Waals surface area contributed by atoms with Crippen molar-refractivity contribution < 1.29 is 23.5 Å². The molecule has 0 fully saturated rings. The summed E-state index contributed by atoms with van der Waals surface area (Å²) in [4.78, 5) is 36.1. The number of fused-ring (bicyclic) bond motifs is 1. The van der Waals surface area contributed by atoms with E-state index in [0.29, 0.717) is 11.3 Å². The summed E-state index contributed by atoms with van der Waals surface area (Å²) in [7, 11) is 0. The molecule has 5 nitrogen and oxygen atoms in total. The molecule has 1 unspecified atom stereocenters. The van der Waals surface area contributed by atoms with Crippen LogP contribution in [0.4, 0.5) is 0 Å². The van der Waals surface area contributed by atoms with Gasteiger partial charge in [0.2, 0.25) is 0 Å². The predicted molar refractivity (Wildman–Crippen MR) is 76.6 cm³/mol. The fraction of sp³-hybridized carbons (Fsp3) is 0.235. The Balaban J connectivity index is 1.64. The second kappa shape index (κ2) is 5.97. The van der Waals surface area contributed by atoms with Crippen LogP contribution < -0.4 is 4.74 Å². The van der Waals surface area contributed by atoms with E-state index in [4.69, 9.17) is 9.15 Å². The number of ether oxygens (including phenoxy) is 1. The summed E-state index contributed by atoms with van der Waals surface area (Å²) >= 11 is 0. The average Bonchev–Trinajstić information content (AvgIpc) is 3.00. The van der Waals surface area contributed by atoms with Gasteiger partial charge in [-0.3, -0.25) is 14.4 Å². The molecule has 1 aliphatic heterocycles. The molecule has 1 atom stereocenters. The molecule has 0 saturated heterocycles. The summed E-state index contributed by atoms with van der Waals surface area (Å²) in [6.45, 7) is 0. The third kappa shape index (κ3) is 2.83. The summed E-state index contributed by atoms with van der Waals surface area (Å²) < 4.78 is 10.3. The van der Waals surface area contributed by atoms with Gasteiger partial charge in [0.25, 0.3) is 0 Å². The normalized spacial score (nSPS) is 17.0. The minimum Gasteiger partial charge on any atom is -0.469 e. The van der Waals surface area contributed by atoms with Crippen LogP contribution in [-0.4, -0.2) is 17.5 Å². The van der Waals surface area contributed by atoms with E-state index >= 15 is 0 Å². The first-order valence-corrected chi connectivity index (χ1v) is 7.04. The standard InChI is InChI=1S/C17H14O5/c18-11(10-12-4-3-9-21-12)7-8-14-16(19)13-5-1-2-6-15(13)22-17(14)20/h1-6,9,14H,7-8,10H2. The third-order valence-electron chi connectivity index (χ3n) is 3.63. The number of Topliss-reactive ketones (excluding diaryl/α,β-unsaturated/α-hetero) is 2. The summed E-state index contributed by atoms with van der Waals surface area (Å²) in [5.74, 6) is -0.986. The number of esters is 1. The zero-order chi connectivity index (χ0) is 15.5. The van der Waals surface area contributed by atoms with Crippen molar-refractivity contribution in [3.63, 3.8) is 0 Å². The second-order valence-corrected chi connectivity index (χ2v) is 5.17. The van der Waals surface area contributed by atoms with Crippen molar-refractivity contribution in [1.29, 1.82) is 0 Å². The Morgan fingerprint density at radius 2 is 1.91 bits per heavy atom. The lowest BCUT2D eigenvalue weighted by Gasteiger charge is -2.21. The van der Waals surface area contributed by atoms with Crippen LogP contribution in [0.5, 0.6) is 5.75 Å². The topological polar surface area (TPSA) is 73.6 Å². The molecule has 112 valence electrons. The Bertz CT molecular complexity index is 714. The van der Waals surface area contributed by atoms with Gasteiger partial charge in [-0.25, -0.2) is 0 Å². The summed E-state index contributed by atoms with van der Waals surface area (Å²) in [5.41, 5.74) is 0.394. The minimum atomic E-state index is -0.907. The molecule has 0 bridgehead atoms. The molecule has 2 aromatic rings. The molecule has 1 aromatic heterocycles. The second-order valence-electron chi connectivity index (χ2n) is 5.17. The maximum absolute atomic E-state index is 12.3. The number of furan rings is 1. The van der Waals surface area contributed by atoms with E-state index in [9.17, 15) is 14.4 Å². The molecule has 2 heterocycles. The number of carbonyl (C=O) groups excluding carboxylic acids is 3. The van der Waals surface area contributed by atoms with Crippen LogP contribution in [0.1, 0.15) is 29.0 Å². The van der Waals surface area contributed by atoms with Gasteiger partial charge in [0.1, 0.15) is 23.2 Å². The van der Waals surface area contributed by atoms with E-state index in [1.165, 1.54) is 6.26 Å². The molecular weight excluding hydrogens is 284 g/mol. The molecule has 5 heteroatoms. The molecule has 0 radical (unpaired) electrons. The fourth-order valence-electron chi connectivity index (χ4n) is 2.48. The van der Waals surface area contributed by atoms with Gasteiger partial charge in [-0.2, -0.15) is 0 Å². The summed E-state index contributed by atoms with van der Waals surface area (Å²) in [6.07, 6.45) is 1.96. The zero-order valence-corrected chi connectivity index (χ0v) is 11.8. The molecule has 1 aliphatic rings. The van der Waals surface area contributed by atoms with Gasteiger partial charge < -0.3 is 9.15 Å². The number of hydrogen-bond donors (Lipinski definition) is 0. The smallest absolute Gasteiger partial charge is 0.322 e. The highest BCUT2D eigenvalue weighted by molar-refractivity contribution is 6.13. The van der Waals surface area contributed by atoms with Crippen LogP contribution in [-0.2, 0) is 16.0 Å². The van der Waals surface area contributed by atoms with Gasteiger partial charge >= 0.3 is 5.97 Å². The first-order valence-electron chi connectivity index (χ1n) is 7.04. The van der Waals surface area contributed by atoms with E-state index < -0.39 is 11.9 Å². The molecule has 0 amide bonds. The highest BCUT2D eigenvalue weighted by Gasteiger charge is 2.36. The van der Waals surface area contributed by atoms with Crippen LogP contribution >= 0.6 is 0 Å². The lowest BCUT2D eigenvalue weighted by molar-refractivity contribution is -0.138. The number of para-hydroxylation sites is 1. The number of benzene rings is 1.